The minimum absolute atomic E-state index is 0.320. The van der Waals surface area contributed by atoms with Gasteiger partial charge in [-0.3, -0.25) is 0 Å². The summed E-state index contributed by atoms with van der Waals surface area (Å²) in [6, 6.07) is 10.8. The molecular weight excluding hydrogens is 348 g/mol. The van der Waals surface area contributed by atoms with Gasteiger partial charge in [-0.25, -0.2) is 4.79 Å². The van der Waals surface area contributed by atoms with Crippen molar-refractivity contribution in [3.8, 4) is 0 Å². The van der Waals surface area contributed by atoms with Crippen LogP contribution >= 0.6 is 11.8 Å². The molecule has 1 aromatic heterocycles. The normalized spacial score (nSPS) is 10.5. The van der Waals surface area contributed by atoms with E-state index in [4.69, 9.17) is 0 Å². The second kappa shape index (κ2) is 7.92. The number of rotatable bonds is 6. The highest BCUT2D eigenvalue weighted by Crippen LogP contribution is 2.25. The van der Waals surface area contributed by atoms with Crippen LogP contribution in [0.1, 0.15) is 5.56 Å². The molecule has 0 saturated heterocycles. The standard InChI is InChI=1S/C18H20N6OS/c1-11(26-3)8-12-9-13(4-6-15(12)19-2)20-18(25)21-14-5-7-16-17(10-14)23-24-22-16/h4-7,9-10,19H,1,8H2,2-3H3,(H2,20,21,25)(H,22,23,24). The van der Waals surface area contributed by atoms with Crippen LogP contribution in [0.3, 0.4) is 0 Å². The van der Waals surface area contributed by atoms with Crippen LogP contribution in [-0.2, 0) is 6.42 Å². The molecule has 2 aromatic carbocycles. The van der Waals surface area contributed by atoms with Crippen LogP contribution in [0.5, 0.6) is 0 Å². The van der Waals surface area contributed by atoms with Gasteiger partial charge in [0.05, 0.1) is 0 Å². The van der Waals surface area contributed by atoms with E-state index in [9.17, 15) is 4.79 Å². The van der Waals surface area contributed by atoms with E-state index in [1.165, 1.54) is 0 Å². The number of hydrogen-bond donors (Lipinski definition) is 4. The lowest BCUT2D eigenvalue weighted by Crippen LogP contribution is -2.19. The van der Waals surface area contributed by atoms with Crippen LogP contribution in [0.15, 0.2) is 47.9 Å². The maximum Gasteiger partial charge on any atom is 0.323 e. The molecule has 8 heteroatoms. The third kappa shape index (κ3) is 4.15. The van der Waals surface area contributed by atoms with Gasteiger partial charge < -0.3 is 16.0 Å². The summed E-state index contributed by atoms with van der Waals surface area (Å²) in [5, 5.41) is 19.4. The first kappa shape index (κ1) is 17.8. The quantitative estimate of drug-likeness (QED) is 0.526. The zero-order valence-corrected chi connectivity index (χ0v) is 15.4. The maximum absolute atomic E-state index is 12.3. The molecule has 0 saturated carbocycles. The van der Waals surface area contributed by atoms with Crippen molar-refractivity contribution in [3.63, 3.8) is 0 Å². The Bertz CT molecular complexity index is 952. The number of nitrogens with zero attached hydrogens (tertiary/aromatic N) is 2. The Balaban J connectivity index is 1.71. The predicted molar refractivity (Wildman–Crippen MR) is 109 cm³/mol. The number of carbonyl (C=O) groups is 1. The second-order valence-electron chi connectivity index (χ2n) is 5.65. The van der Waals surface area contributed by atoms with Gasteiger partial charge in [0.25, 0.3) is 0 Å². The fraction of sp³-hybridized carbons (Fsp3) is 0.167. The number of carbonyl (C=O) groups excluding carboxylic acids is 1. The molecule has 2 amide bonds. The number of fused-ring (bicyclic) bond motifs is 1. The monoisotopic (exact) mass is 368 g/mol. The van der Waals surface area contributed by atoms with Crippen molar-refractivity contribution in [1.29, 1.82) is 0 Å². The summed E-state index contributed by atoms with van der Waals surface area (Å²) in [4.78, 5) is 13.4. The van der Waals surface area contributed by atoms with Gasteiger partial charge in [0.2, 0.25) is 0 Å². The molecule has 0 radical (unpaired) electrons. The van der Waals surface area contributed by atoms with Crippen LogP contribution < -0.4 is 16.0 Å². The van der Waals surface area contributed by atoms with Crippen molar-refractivity contribution in [2.45, 2.75) is 6.42 Å². The SMILES string of the molecule is C=C(Cc1cc(NC(=O)Nc2ccc3n[nH]nc3c2)ccc1NC)SC. The van der Waals surface area contributed by atoms with Crippen molar-refractivity contribution in [2.24, 2.45) is 0 Å². The average Bonchev–Trinajstić information content (AvgIpc) is 3.09. The maximum atomic E-state index is 12.3. The van der Waals surface area contributed by atoms with Crippen molar-refractivity contribution in [1.82, 2.24) is 15.4 Å². The number of thioether (sulfide) groups is 1. The van der Waals surface area contributed by atoms with Gasteiger partial charge in [-0.05, 0) is 53.1 Å². The molecule has 0 atom stereocenters. The number of hydrogen-bond acceptors (Lipinski definition) is 5. The van der Waals surface area contributed by atoms with Gasteiger partial charge in [0.15, 0.2) is 0 Å². The van der Waals surface area contributed by atoms with E-state index >= 15 is 0 Å². The Kier molecular flexibility index (Phi) is 5.43. The van der Waals surface area contributed by atoms with Crippen molar-refractivity contribution in [2.75, 3.05) is 29.3 Å². The lowest BCUT2D eigenvalue weighted by Gasteiger charge is -2.13. The highest BCUT2D eigenvalue weighted by molar-refractivity contribution is 8.02. The first-order valence-corrected chi connectivity index (χ1v) is 9.22. The molecule has 0 aliphatic heterocycles. The Labute approximate surface area is 155 Å². The summed E-state index contributed by atoms with van der Waals surface area (Å²) in [5.41, 5.74) is 4.90. The van der Waals surface area contributed by atoms with E-state index < -0.39 is 0 Å². The number of aromatic amines is 1. The van der Waals surface area contributed by atoms with Crippen molar-refractivity contribution >= 4 is 45.9 Å². The van der Waals surface area contributed by atoms with Gasteiger partial charge in [0, 0.05) is 30.5 Å². The van der Waals surface area contributed by atoms with E-state index in [0.717, 1.165) is 28.1 Å². The molecule has 0 spiro atoms. The van der Waals surface area contributed by atoms with Crippen LogP contribution in [0.4, 0.5) is 21.9 Å². The molecule has 3 rings (SSSR count). The summed E-state index contributed by atoms with van der Waals surface area (Å²) in [6.07, 6.45) is 2.74. The molecule has 7 nitrogen and oxygen atoms in total. The number of amides is 2. The van der Waals surface area contributed by atoms with Gasteiger partial charge in [-0.1, -0.05) is 6.58 Å². The van der Waals surface area contributed by atoms with Crippen LogP contribution in [-0.4, -0.2) is 34.7 Å². The summed E-state index contributed by atoms with van der Waals surface area (Å²) < 4.78 is 0. The smallest absolute Gasteiger partial charge is 0.323 e. The fourth-order valence-electron chi connectivity index (χ4n) is 2.56. The number of anilines is 3. The minimum Gasteiger partial charge on any atom is -0.388 e. The van der Waals surface area contributed by atoms with Gasteiger partial charge in [-0.15, -0.1) is 11.8 Å². The van der Waals surface area contributed by atoms with Crippen LogP contribution in [0, 0.1) is 0 Å². The molecule has 1 heterocycles. The van der Waals surface area contributed by atoms with Crippen LogP contribution in [0.25, 0.3) is 11.0 Å². The second-order valence-corrected chi connectivity index (χ2v) is 6.63. The number of benzene rings is 2. The lowest BCUT2D eigenvalue weighted by atomic mass is 10.1. The summed E-state index contributed by atoms with van der Waals surface area (Å²) in [7, 11) is 1.88. The number of H-pyrrole nitrogens is 1. The zero-order chi connectivity index (χ0) is 18.5. The van der Waals surface area contributed by atoms with Gasteiger partial charge in [-0.2, -0.15) is 15.4 Å². The zero-order valence-electron chi connectivity index (χ0n) is 14.6. The third-order valence-corrected chi connectivity index (χ3v) is 4.60. The van der Waals surface area contributed by atoms with E-state index in [2.05, 4.69) is 37.9 Å². The first-order chi connectivity index (χ1) is 12.6. The number of allylic oxidation sites excluding steroid dienone is 1. The van der Waals surface area contributed by atoms with E-state index in [1.54, 1.807) is 30.0 Å². The molecule has 0 aliphatic rings. The summed E-state index contributed by atoms with van der Waals surface area (Å²) in [5.74, 6) is 0. The number of aromatic nitrogens is 3. The van der Waals surface area contributed by atoms with E-state index in [1.807, 2.05) is 31.5 Å². The molecule has 3 aromatic rings. The molecule has 0 fully saturated rings. The van der Waals surface area contributed by atoms with Crippen molar-refractivity contribution in [3.05, 3.63) is 53.4 Å². The highest BCUT2D eigenvalue weighted by atomic mass is 32.2. The molecule has 0 bridgehead atoms. The Morgan fingerprint density at radius 3 is 2.54 bits per heavy atom. The summed E-state index contributed by atoms with van der Waals surface area (Å²) in [6.45, 7) is 4.03. The van der Waals surface area contributed by atoms with E-state index in [-0.39, 0.29) is 6.03 Å². The number of urea groups is 1. The van der Waals surface area contributed by atoms with Crippen molar-refractivity contribution < 1.29 is 4.79 Å². The molecule has 0 unspecified atom stereocenters. The Morgan fingerprint density at radius 1 is 1.12 bits per heavy atom. The molecule has 134 valence electrons. The fourth-order valence-corrected chi connectivity index (χ4v) is 2.86. The molecular formula is C18H20N6OS. The molecule has 0 aliphatic carbocycles. The van der Waals surface area contributed by atoms with Crippen LogP contribution in [0.2, 0.25) is 0 Å². The predicted octanol–water partition coefficient (Wildman–Crippen LogP) is 4.06. The Morgan fingerprint density at radius 2 is 1.81 bits per heavy atom. The summed E-state index contributed by atoms with van der Waals surface area (Å²) >= 11 is 1.63. The first-order valence-electron chi connectivity index (χ1n) is 8.00. The lowest BCUT2D eigenvalue weighted by molar-refractivity contribution is 0.262. The minimum atomic E-state index is -0.320. The van der Waals surface area contributed by atoms with E-state index in [0.29, 0.717) is 16.9 Å². The van der Waals surface area contributed by atoms with Gasteiger partial charge >= 0.3 is 6.03 Å². The number of nitrogens with one attached hydrogen (secondary N) is 4. The average molecular weight is 368 g/mol. The molecule has 26 heavy (non-hydrogen) atoms. The topological polar surface area (TPSA) is 94.7 Å². The largest absolute Gasteiger partial charge is 0.388 e. The Hall–Kier alpha value is -3.00. The molecule has 4 N–H and O–H groups in total. The third-order valence-electron chi connectivity index (χ3n) is 3.88. The highest BCUT2D eigenvalue weighted by Gasteiger charge is 2.08. The van der Waals surface area contributed by atoms with Gasteiger partial charge in [0.1, 0.15) is 11.0 Å².